The molecule has 0 aromatic carbocycles. The van der Waals surface area contributed by atoms with E-state index in [9.17, 15) is 19.8 Å². The monoisotopic (exact) mass is 226 g/mol. The van der Waals surface area contributed by atoms with Crippen molar-refractivity contribution >= 4 is 49.7 Å². The molecule has 0 bridgehead atoms. The summed E-state index contributed by atoms with van der Waals surface area (Å²) in [6.07, 6.45) is 1.24. The van der Waals surface area contributed by atoms with Gasteiger partial charge in [-0.05, 0) is 11.8 Å². The third-order valence-corrected chi connectivity index (χ3v) is 2.15. The Kier molecular flexibility index (Phi) is 7.89. The fourth-order valence-electron chi connectivity index (χ4n) is 1.52. The first kappa shape index (κ1) is 16.6. The van der Waals surface area contributed by atoms with Gasteiger partial charge in [0.1, 0.15) is 0 Å². The fourth-order valence-corrected chi connectivity index (χ4v) is 1.52. The van der Waals surface area contributed by atoms with Crippen LogP contribution >= 0.6 is 0 Å². The Morgan fingerprint density at radius 1 is 1.21 bits per heavy atom. The van der Waals surface area contributed by atoms with E-state index in [1.54, 1.807) is 13.8 Å². The average molecular weight is 226 g/mol. The number of rotatable bonds is 5. The summed E-state index contributed by atoms with van der Waals surface area (Å²) >= 11 is 0. The largest absolute Gasteiger partial charge is 2.00 e. The summed E-state index contributed by atoms with van der Waals surface area (Å²) < 4.78 is 0. The molecule has 4 nitrogen and oxygen atoms in total. The minimum absolute atomic E-state index is 0. The van der Waals surface area contributed by atoms with Crippen LogP contribution in [0.4, 0.5) is 0 Å². The van der Waals surface area contributed by atoms with Gasteiger partial charge in [0.2, 0.25) is 0 Å². The smallest absolute Gasteiger partial charge is 0.549 e. The van der Waals surface area contributed by atoms with E-state index in [1.807, 2.05) is 6.92 Å². The van der Waals surface area contributed by atoms with Crippen molar-refractivity contribution in [1.82, 2.24) is 0 Å². The first-order valence-electron chi connectivity index (χ1n) is 4.24. The summed E-state index contributed by atoms with van der Waals surface area (Å²) in [5, 5.41) is 21.1. The van der Waals surface area contributed by atoms with E-state index in [0.29, 0.717) is 6.42 Å². The molecular formula is C9H14CaO4. The van der Waals surface area contributed by atoms with E-state index in [-0.39, 0.29) is 37.7 Å². The van der Waals surface area contributed by atoms with Crippen molar-refractivity contribution in [3.05, 3.63) is 0 Å². The molecule has 0 spiro atoms. The molecule has 0 aromatic heterocycles. The van der Waals surface area contributed by atoms with Gasteiger partial charge in [-0.15, -0.1) is 0 Å². The number of hydrogen-bond donors (Lipinski definition) is 0. The molecule has 0 radical (unpaired) electrons. The maximum absolute atomic E-state index is 10.5. The van der Waals surface area contributed by atoms with E-state index >= 15 is 0 Å². The molecule has 5 heteroatoms. The number of carbonyl (C=O) groups is 2. The van der Waals surface area contributed by atoms with Crippen molar-refractivity contribution in [2.45, 2.75) is 33.6 Å². The molecule has 76 valence electrons. The zero-order chi connectivity index (χ0) is 10.6. The number of carbonyl (C=O) groups excluding carboxylic acids is 2. The van der Waals surface area contributed by atoms with E-state index in [2.05, 4.69) is 0 Å². The molecule has 0 aliphatic heterocycles. The second kappa shape index (κ2) is 6.64. The van der Waals surface area contributed by atoms with Crippen LogP contribution in [0.25, 0.3) is 0 Å². The van der Waals surface area contributed by atoms with Gasteiger partial charge in [-0.2, -0.15) is 0 Å². The minimum Gasteiger partial charge on any atom is -0.549 e. The van der Waals surface area contributed by atoms with Crippen LogP contribution in [0.1, 0.15) is 33.6 Å². The molecule has 0 amide bonds. The summed E-state index contributed by atoms with van der Waals surface area (Å²) in [6.45, 7) is 5.04. The molecule has 0 aromatic rings. The summed E-state index contributed by atoms with van der Waals surface area (Å²) in [5.74, 6) is -4.68. The second-order valence-electron chi connectivity index (χ2n) is 3.81. The SMILES string of the molecule is CCCC(C)(C)C(C(=O)[O-])C(=O)[O-].[Ca+2]. The number of carboxylic acids is 2. The molecule has 0 fully saturated rings. The molecule has 0 aliphatic carbocycles. The van der Waals surface area contributed by atoms with Crippen LogP contribution in [0.5, 0.6) is 0 Å². The Morgan fingerprint density at radius 3 is 1.79 bits per heavy atom. The van der Waals surface area contributed by atoms with E-state index in [1.165, 1.54) is 0 Å². The quantitative estimate of drug-likeness (QED) is 0.424. The summed E-state index contributed by atoms with van der Waals surface area (Å²) in [6, 6.07) is 0. The molecule has 0 aliphatic rings. The Hall–Kier alpha value is 0.200. The summed E-state index contributed by atoms with van der Waals surface area (Å²) in [4.78, 5) is 21.1. The first-order chi connectivity index (χ1) is 5.83. The summed E-state index contributed by atoms with van der Waals surface area (Å²) in [5.41, 5.74) is -0.813. The van der Waals surface area contributed by atoms with Crippen molar-refractivity contribution in [3.63, 3.8) is 0 Å². The van der Waals surface area contributed by atoms with Gasteiger partial charge in [0, 0.05) is 5.92 Å². The molecule has 0 saturated heterocycles. The number of aliphatic carboxylic acids is 2. The maximum Gasteiger partial charge on any atom is 2.00 e. The molecule has 0 N–H and O–H groups in total. The van der Waals surface area contributed by atoms with Crippen LogP contribution in [0.2, 0.25) is 0 Å². The molecule has 14 heavy (non-hydrogen) atoms. The van der Waals surface area contributed by atoms with Gasteiger partial charge in [0.25, 0.3) is 0 Å². The van der Waals surface area contributed by atoms with E-state index in [4.69, 9.17) is 0 Å². The second-order valence-corrected chi connectivity index (χ2v) is 3.81. The van der Waals surface area contributed by atoms with Crippen LogP contribution in [0, 0.1) is 11.3 Å². The Morgan fingerprint density at radius 2 is 1.57 bits per heavy atom. The average Bonchev–Trinajstić information content (AvgIpc) is 1.82. The first-order valence-corrected chi connectivity index (χ1v) is 4.24. The van der Waals surface area contributed by atoms with Gasteiger partial charge in [0.15, 0.2) is 0 Å². The van der Waals surface area contributed by atoms with Crippen LogP contribution in [-0.2, 0) is 9.59 Å². The van der Waals surface area contributed by atoms with Crippen LogP contribution in [0.15, 0.2) is 0 Å². The maximum atomic E-state index is 10.5. The van der Waals surface area contributed by atoms with Crippen LogP contribution in [-0.4, -0.2) is 49.7 Å². The number of carboxylic acid groups (broad SMARTS) is 2. The number of hydrogen-bond acceptors (Lipinski definition) is 4. The molecule has 0 heterocycles. The molecule has 0 unspecified atom stereocenters. The van der Waals surface area contributed by atoms with Crippen LogP contribution in [0.3, 0.4) is 0 Å². The van der Waals surface area contributed by atoms with Crippen molar-refractivity contribution in [1.29, 1.82) is 0 Å². The third kappa shape index (κ3) is 4.62. The normalized spacial score (nSPS) is 10.9. The predicted molar refractivity (Wildman–Crippen MR) is 47.9 cm³/mol. The van der Waals surface area contributed by atoms with E-state index < -0.39 is 23.3 Å². The molecule has 0 atom stereocenters. The standard InChI is InChI=1S/C9H16O4.Ca/c1-4-5-9(2,3)6(7(10)11)8(12)13;/h6H,4-5H2,1-3H3,(H,10,11)(H,12,13);/q;+2/p-2. The van der Waals surface area contributed by atoms with Gasteiger partial charge in [0.05, 0.1) is 11.9 Å². The van der Waals surface area contributed by atoms with Crippen molar-refractivity contribution in [2.24, 2.45) is 11.3 Å². The predicted octanol–water partition coefficient (Wildman–Crippen LogP) is -1.45. The van der Waals surface area contributed by atoms with Gasteiger partial charge in [-0.3, -0.25) is 0 Å². The molecule has 0 rings (SSSR count). The van der Waals surface area contributed by atoms with E-state index in [0.717, 1.165) is 6.42 Å². The van der Waals surface area contributed by atoms with Crippen molar-refractivity contribution < 1.29 is 19.8 Å². The topological polar surface area (TPSA) is 80.3 Å². The Balaban J connectivity index is 0. The van der Waals surface area contributed by atoms with Gasteiger partial charge < -0.3 is 19.8 Å². The summed E-state index contributed by atoms with van der Waals surface area (Å²) in [7, 11) is 0. The van der Waals surface area contributed by atoms with Gasteiger partial charge >= 0.3 is 37.7 Å². The van der Waals surface area contributed by atoms with Crippen molar-refractivity contribution in [2.75, 3.05) is 0 Å². The Labute approximate surface area is 114 Å². The van der Waals surface area contributed by atoms with Crippen LogP contribution < -0.4 is 10.2 Å². The van der Waals surface area contributed by atoms with Gasteiger partial charge in [-0.1, -0.05) is 27.2 Å². The fraction of sp³-hybridized carbons (Fsp3) is 0.778. The molecular weight excluding hydrogens is 212 g/mol. The molecule has 0 saturated carbocycles. The zero-order valence-corrected chi connectivity index (χ0v) is 11.0. The van der Waals surface area contributed by atoms with Crippen molar-refractivity contribution in [3.8, 4) is 0 Å². The van der Waals surface area contributed by atoms with Gasteiger partial charge in [-0.25, -0.2) is 0 Å². The Bertz CT molecular complexity index is 199. The zero-order valence-electron chi connectivity index (χ0n) is 8.83. The third-order valence-electron chi connectivity index (χ3n) is 2.15. The minimum atomic E-state index is -1.57.